The van der Waals surface area contributed by atoms with Gasteiger partial charge in [-0.3, -0.25) is 9.10 Å². The Balaban J connectivity index is 1.61. The fraction of sp³-hybridized carbons (Fsp3) is 0.143. The van der Waals surface area contributed by atoms with Crippen LogP contribution in [0.3, 0.4) is 0 Å². The number of anilines is 1. The first-order valence-electron chi connectivity index (χ1n) is 9.40. The third kappa shape index (κ3) is 2.89. The summed E-state index contributed by atoms with van der Waals surface area (Å²) in [6.45, 7) is 0.390. The summed E-state index contributed by atoms with van der Waals surface area (Å²) in [4.78, 5) is 28.1. The quantitative estimate of drug-likeness (QED) is 0.531. The Hall–Kier alpha value is -3.17. The van der Waals surface area contributed by atoms with E-state index in [1.165, 1.54) is 15.8 Å². The number of nitrogens with zero attached hydrogens (tertiary/aromatic N) is 2. The van der Waals surface area contributed by atoms with Gasteiger partial charge in [-0.25, -0.2) is 17.8 Å². The van der Waals surface area contributed by atoms with Gasteiger partial charge >= 0.3 is 5.69 Å². The lowest BCUT2D eigenvalue weighted by Gasteiger charge is -2.30. The zero-order chi connectivity index (χ0) is 20.9. The Morgan fingerprint density at radius 3 is 2.63 bits per heavy atom. The molecule has 0 saturated heterocycles. The molecule has 1 N–H and O–H groups in total. The van der Waals surface area contributed by atoms with E-state index in [1.54, 1.807) is 30.3 Å². The van der Waals surface area contributed by atoms with Gasteiger partial charge < -0.3 is 4.98 Å². The third-order valence-corrected chi connectivity index (χ3v) is 8.10. The first-order valence-corrected chi connectivity index (χ1v) is 11.7. The number of aryl methyl sites for hydroxylation is 1. The number of thiophene rings is 1. The Kier molecular flexibility index (Phi) is 4.37. The van der Waals surface area contributed by atoms with Gasteiger partial charge in [0, 0.05) is 11.9 Å². The number of nitrogens with one attached hydrogen (secondary N) is 1. The monoisotopic (exact) mass is 439 g/mol. The minimum atomic E-state index is -3.81. The molecule has 0 atom stereocenters. The van der Waals surface area contributed by atoms with Crippen LogP contribution in [0.2, 0.25) is 0 Å². The molecule has 152 valence electrons. The highest BCUT2D eigenvalue weighted by Crippen LogP contribution is 2.33. The molecule has 2 aromatic heterocycles. The Morgan fingerprint density at radius 1 is 1.00 bits per heavy atom. The SMILES string of the molecule is O=c1[nH]c2ccccc2c(=O)n1-c1cc(S(=O)(=O)N2CCCc3ccccc32)cs1. The maximum atomic E-state index is 13.3. The molecule has 7 nitrogen and oxygen atoms in total. The highest BCUT2D eigenvalue weighted by molar-refractivity contribution is 7.93. The average molecular weight is 440 g/mol. The van der Waals surface area contributed by atoms with Crippen molar-refractivity contribution in [2.75, 3.05) is 10.8 Å². The molecule has 0 spiro atoms. The number of para-hydroxylation sites is 2. The van der Waals surface area contributed by atoms with Crippen LogP contribution in [0, 0.1) is 0 Å². The van der Waals surface area contributed by atoms with Gasteiger partial charge in [-0.2, -0.15) is 0 Å². The molecular formula is C21H17N3O4S2. The van der Waals surface area contributed by atoms with Crippen molar-refractivity contribution in [3.63, 3.8) is 0 Å². The van der Waals surface area contributed by atoms with E-state index in [-0.39, 0.29) is 9.90 Å². The number of fused-ring (bicyclic) bond motifs is 2. The Morgan fingerprint density at radius 2 is 1.77 bits per heavy atom. The minimum Gasteiger partial charge on any atom is -0.306 e. The smallest absolute Gasteiger partial charge is 0.306 e. The van der Waals surface area contributed by atoms with E-state index in [4.69, 9.17) is 0 Å². The molecular weight excluding hydrogens is 422 g/mol. The van der Waals surface area contributed by atoms with Crippen LogP contribution in [0.25, 0.3) is 15.9 Å². The van der Waals surface area contributed by atoms with Crippen molar-refractivity contribution < 1.29 is 8.42 Å². The lowest BCUT2D eigenvalue weighted by Crippen LogP contribution is -2.35. The number of rotatable bonds is 3. The standard InChI is InChI=1S/C21H17N3O4S2/c25-20-16-8-2-3-9-17(16)22-21(26)24(20)19-12-15(13-29-19)30(27,28)23-11-5-7-14-6-1-4-10-18(14)23/h1-4,6,8-10,12-13H,5,7,11H2,(H,22,26). The molecule has 30 heavy (non-hydrogen) atoms. The van der Waals surface area contributed by atoms with Gasteiger partial charge in [0.2, 0.25) is 0 Å². The first-order chi connectivity index (χ1) is 14.5. The predicted molar refractivity (Wildman–Crippen MR) is 117 cm³/mol. The molecule has 9 heteroatoms. The molecule has 3 heterocycles. The van der Waals surface area contributed by atoms with E-state index in [9.17, 15) is 18.0 Å². The van der Waals surface area contributed by atoms with E-state index in [0.29, 0.717) is 23.1 Å². The molecule has 0 saturated carbocycles. The number of aromatic amines is 1. The highest BCUT2D eigenvalue weighted by atomic mass is 32.2. The van der Waals surface area contributed by atoms with E-state index < -0.39 is 21.3 Å². The van der Waals surface area contributed by atoms with Gasteiger partial charge in [0.1, 0.15) is 9.90 Å². The van der Waals surface area contributed by atoms with Gasteiger partial charge in [0.15, 0.2) is 0 Å². The maximum Gasteiger partial charge on any atom is 0.334 e. The zero-order valence-corrected chi connectivity index (χ0v) is 17.4. The van der Waals surface area contributed by atoms with Crippen molar-refractivity contribution in [1.82, 2.24) is 9.55 Å². The molecule has 2 aromatic carbocycles. The molecule has 4 aromatic rings. The predicted octanol–water partition coefficient (Wildman–Crippen LogP) is 2.88. The molecule has 0 unspecified atom stereocenters. The number of sulfonamides is 1. The number of hydrogen-bond acceptors (Lipinski definition) is 5. The summed E-state index contributed by atoms with van der Waals surface area (Å²) >= 11 is 1.05. The van der Waals surface area contributed by atoms with Gasteiger partial charge in [-0.15, -0.1) is 11.3 Å². The van der Waals surface area contributed by atoms with Crippen molar-refractivity contribution in [3.8, 4) is 5.00 Å². The lowest BCUT2D eigenvalue weighted by atomic mass is 10.0. The van der Waals surface area contributed by atoms with Crippen LogP contribution in [-0.2, 0) is 16.4 Å². The van der Waals surface area contributed by atoms with Gasteiger partial charge in [-0.1, -0.05) is 30.3 Å². The third-order valence-electron chi connectivity index (χ3n) is 5.24. The van der Waals surface area contributed by atoms with E-state index in [2.05, 4.69) is 4.98 Å². The van der Waals surface area contributed by atoms with Crippen LogP contribution in [0.4, 0.5) is 5.69 Å². The molecule has 0 amide bonds. The summed E-state index contributed by atoms with van der Waals surface area (Å²) in [7, 11) is -3.81. The van der Waals surface area contributed by atoms with Crippen LogP contribution in [0.15, 0.2) is 74.5 Å². The van der Waals surface area contributed by atoms with Crippen molar-refractivity contribution in [2.45, 2.75) is 17.7 Å². The number of hydrogen-bond donors (Lipinski definition) is 1. The van der Waals surface area contributed by atoms with Crippen molar-refractivity contribution >= 4 is 38.0 Å². The highest BCUT2D eigenvalue weighted by Gasteiger charge is 2.30. The second kappa shape index (κ2) is 6.96. The van der Waals surface area contributed by atoms with Crippen molar-refractivity contribution in [3.05, 3.63) is 86.4 Å². The summed E-state index contributed by atoms with van der Waals surface area (Å²) in [5, 5.41) is 2.10. The van der Waals surface area contributed by atoms with E-state index >= 15 is 0 Å². The second-order valence-electron chi connectivity index (χ2n) is 7.05. The summed E-state index contributed by atoms with van der Waals surface area (Å²) in [5.41, 5.74) is 1.02. The van der Waals surface area contributed by atoms with Gasteiger partial charge in [0.05, 0.1) is 16.6 Å². The molecule has 0 bridgehead atoms. The van der Waals surface area contributed by atoms with Gasteiger partial charge in [0.25, 0.3) is 15.6 Å². The molecule has 1 aliphatic heterocycles. The molecule has 0 fully saturated rings. The number of benzene rings is 2. The maximum absolute atomic E-state index is 13.3. The van der Waals surface area contributed by atoms with Crippen LogP contribution in [0.5, 0.6) is 0 Å². The minimum absolute atomic E-state index is 0.0682. The van der Waals surface area contributed by atoms with Gasteiger partial charge in [-0.05, 0) is 42.7 Å². The molecule has 0 aliphatic carbocycles. The van der Waals surface area contributed by atoms with Crippen LogP contribution >= 0.6 is 11.3 Å². The lowest BCUT2D eigenvalue weighted by molar-refractivity contribution is 0.587. The Bertz CT molecular complexity index is 1500. The Labute approximate surface area is 175 Å². The molecule has 5 rings (SSSR count). The van der Waals surface area contributed by atoms with Crippen LogP contribution in [-0.4, -0.2) is 24.5 Å². The zero-order valence-electron chi connectivity index (χ0n) is 15.7. The first kappa shape index (κ1) is 18.8. The van der Waals surface area contributed by atoms with E-state index in [0.717, 1.165) is 34.3 Å². The van der Waals surface area contributed by atoms with Crippen LogP contribution in [0.1, 0.15) is 12.0 Å². The van der Waals surface area contributed by atoms with E-state index in [1.807, 2.05) is 18.2 Å². The largest absolute Gasteiger partial charge is 0.334 e. The summed E-state index contributed by atoms with van der Waals surface area (Å²) in [6, 6.07) is 15.6. The second-order valence-corrected chi connectivity index (χ2v) is 9.80. The fourth-order valence-electron chi connectivity index (χ4n) is 3.80. The van der Waals surface area contributed by atoms with Crippen LogP contribution < -0.4 is 15.6 Å². The number of aromatic nitrogens is 2. The average Bonchev–Trinajstić information content (AvgIpc) is 3.24. The summed E-state index contributed by atoms with van der Waals surface area (Å²) in [5.74, 6) is 0. The number of H-pyrrole nitrogens is 1. The summed E-state index contributed by atoms with van der Waals surface area (Å²) in [6.07, 6.45) is 1.57. The van der Waals surface area contributed by atoms with Crippen molar-refractivity contribution in [1.29, 1.82) is 0 Å². The van der Waals surface area contributed by atoms with Crippen molar-refractivity contribution in [2.24, 2.45) is 0 Å². The molecule has 0 radical (unpaired) electrons. The summed E-state index contributed by atoms with van der Waals surface area (Å²) < 4.78 is 29.1. The topological polar surface area (TPSA) is 92.2 Å². The fourth-order valence-corrected chi connectivity index (χ4v) is 6.60. The normalized spacial score (nSPS) is 14.1. The molecule has 1 aliphatic rings.